The van der Waals surface area contributed by atoms with E-state index in [-0.39, 0.29) is 11.1 Å². The second-order valence-corrected chi connectivity index (χ2v) is 6.27. The fourth-order valence-corrected chi connectivity index (χ4v) is 2.78. The van der Waals surface area contributed by atoms with Gasteiger partial charge in [-0.05, 0) is 24.3 Å². The van der Waals surface area contributed by atoms with Crippen LogP contribution in [-0.2, 0) is 9.59 Å². The minimum Gasteiger partial charge on any atom is -0.424 e. The molecule has 2 N–H and O–H groups in total. The Hall–Kier alpha value is -4.20. The van der Waals surface area contributed by atoms with Crippen molar-refractivity contribution in [1.82, 2.24) is 9.97 Å². The van der Waals surface area contributed by atoms with E-state index in [1.54, 1.807) is 36.4 Å². The number of hydrogen-bond donors (Lipinski definition) is 2. The average molecular weight is 406 g/mol. The van der Waals surface area contributed by atoms with E-state index >= 15 is 0 Å². The highest BCUT2D eigenvalue weighted by atomic mass is 16.5. The second-order valence-electron chi connectivity index (χ2n) is 6.27. The molecule has 0 aliphatic carbocycles. The highest BCUT2D eigenvalue weighted by molar-refractivity contribution is 5.87. The van der Waals surface area contributed by atoms with Gasteiger partial charge in [-0.1, -0.05) is 24.3 Å². The Morgan fingerprint density at radius 1 is 0.633 bits per heavy atom. The van der Waals surface area contributed by atoms with E-state index < -0.39 is 11.9 Å². The molecule has 4 rings (SSSR count). The van der Waals surface area contributed by atoms with Crippen LogP contribution in [0.15, 0.2) is 70.3 Å². The molecule has 0 fully saturated rings. The summed E-state index contributed by atoms with van der Waals surface area (Å²) in [5, 5.41) is 1.65. The van der Waals surface area contributed by atoms with E-state index in [2.05, 4.69) is 9.97 Å². The predicted octanol–water partition coefficient (Wildman–Crippen LogP) is 2.91. The molecule has 8 nitrogen and oxygen atoms in total. The maximum Gasteiger partial charge on any atom is 0.308 e. The van der Waals surface area contributed by atoms with Gasteiger partial charge in [-0.25, -0.2) is 0 Å². The Morgan fingerprint density at radius 2 is 1.03 bits per heavy atom. The fourth-order valence-electron chi connectivity index (χ4n) is 2.78. The number of rotatable bonds is 2. The van der Waals surface area contributed by atoms with E-state index in [1.165, 1.54) is 26.0 Å². The number of aromatic nitrogens is 2. The summed E-state index contributed by atoms with van der Waals surface area (Å²) in [6, 6.07) is 16.7. The van der Waals surface area contributed by atoms with Crippen molar-refractivity contribution in [2.24, 2.45) is 0 Å². The molecule has 4 aromatic rings. The number of esters is 2. The molecule has 0 radical (unpaired) electrons. The van der Waals surface area contributed by atoms with Crippen molar-refractivity contribution in [3.05, 3.63) is 81.4 Å². The molecule has 0 aliphatic rings. The van der Waals surface area contributed by atoms with Crippen molar-refractivity contribution in [3.8, 4) is 11.5 Å². The van der Waals surface area contributed by atoms with Crippen LogP contribution in [0, 0.1) is 0 Å². The Labute approximate surface area is 170 Å². The van der Waals surface area contributed by atoms with Crippen LogP contribution in [0.4, 0.5) is 0 Å². The summed E-state index contributed by atoms with van der Waals surface area (Å²) in [4.78, 5) is 49.2. The number of aromatic amines is 2. The van der Waals surface area contributed by atoms with Gasteiger partial charge in [0.25, 0.3) is 0 Å². The van der Waals surface area contributed by atoms with Crippen LogP contribution in [0.25, 0.3) is 21.8 Å². The monoisotopic (exact) mass is 406 g/mol. The molecule has 0 spiro atoms. The molecule has 152 valence electrons. The minimum atomic E-state index is -0.410. The summed E-state index contributed by atoms with van der Waals surface area (Å²) < 4.78 is 9.95. The number of nitrogens with one attached hydrogen (secondary N) is 2. The average Bonchev–Trinajstić information content (AvgIpc) is 2.69. The predicted molar refractivity (Wildman–Crippen MR) is 112 cm³/mol. The van der Waals surface area contributed by atoms with Crippen LogP contribution < -0.4 is 20.6 Å². The van der Waals surface area contributed by atoms with E-state index in [0.29, 0.717) is 22.5 Å². The van der Waals surface area contributed by atoms with Crippen LogP contribution in [-0.4, -0.2) is 21.9 Å². The second kappa shape index (κ2) is 8.87. The summed E-state index contributed by atoms with van der Waals surface area (Å²) in [7, 11) is 0. The molecule has 2 aromatic heterocycles. The minimum absolute atomic E-state index is 0.220. The Bertz CT molecular complexity index is 1250. The van der Waals surface area contributed by atoms with Crippen LogP contribution in [0.3, 0.4) is 0 Å². The van der Waals surface area contributed by atoms with Crippen LogP contribution in [0.5, 0.6) is 11.5 Å². The standard InChI is InChI=1S/2C11H9NO3/c2*1-7(13)15-9-4-2-3-8-5-6-10(14)12-11(8)9/h2*2-6H,1H3,(H,12,14). The molecular weight excluding hydrogens is 388 g/mol. The molecule has 0 saturated heterocycles. The van der Waals surface area contributed by atoms with Crippen molar-refractivity contribution >= 4 is 33.7 Å². The van der Waals surface area contributed by atoms with Gasteiger partial charge in [-0.15, -0.1) is 0 Å². The summed E-state index contributed by atoms with van der Waals surface area (Å²) in [5.74, 6) is -0.0743. The zero-order valence-corrected chi connectivity index (χ0v) is 16.2. The third kappa shape index (κ3) is 4.99. The number of hydrogen-bond acceptors (Lipinski definition) is 6. The Kier molecular flexibility index (Phi) is 6.07. The van der Waals surface area contributed by atoms with Crippen LogP contribution in [0.1, 0.15) is 13.8 Å². The van der Waals surface area contributed by atoms with E-state index in [9.17, 15) is 19.2 Å². The molecule has 2 heterocycles. The molecule has 2 aromatic carbocycles. The first-order chi connectivity index (χ1) is 14.3. The number of pyridine rings is 2. The van der Waals surface area contributed by atoms with Crippen molar-refractivity contribution in [2.45, 2.75) is 13.8 Å². The van der Waals surface area contributed by atoms with Crippen LogP contribution in [0.2, 0.25) is 0 Å². The summed E-state index contributed by atoms with van der Waals surface area (Å²) in [5.41, 5.74) is 0.643. The molecule has 8 heteroatoms. The zero-order valence-electron chi connectivity index (χ0n) is 16.2. The molecule has 0 aliphatic heterocycles. The smallest absolute Gasteiger partial charge is 0.308 e. The summed E-state index contributed by atoms with van der Waals surface area (Å²) in [6.45, 7) is 2.64. The number of H-pyrrole nitrogens is 2. The van der Waals surface area contributed by atoms with Gasteiger partial charge in [0.1, 0.15) is 0 Å². The lowest BCUT2D eigenvalue weighted by Gasteiger charge is -2.04. The maximum absolute atomic E-state index is 11.1. The molecule has 0 saturated carbocycles. The largest absolute Gasteiger partial charge is 0.424 e. The molecule has 0 atom stereocenters. The van der Waals surface area contributed by atoms with Crippen molar-refractivity contribution in [2.75, 3.05) is 0 Å². The maximum atomic E-state index is 11.1. The zero-order chi connectivity index (χ0) is 21.7. The van der Waals surface area contributed by atoms with Gasteiger partial charge < -0.3 is 19.4 Å². The normalized spacial score (nSPS) is 10.2. The first kappa shape index (κ1) is 20.5. The Balaban J connectivity index is 0.000000171. The van der Waals surface area contributed by atoms with Gasteiger partial charge in [-0.3, -0.25) is 19.2 Å². The van der Waals surface area contributed by atoms with Gasteiger partial charge in [0.15, 0.2) is 11.5 Å². The first-order valence-corrected chi connectivity index (χ1v) is 8.94. The van der Waals surface area contributed by atoms with Gasteiger partial charge in [0.2, 0.25) is 11.1 Å². The number of carbonyl (C=O) groups is 2. The molecule has 0 amide bonds. The molecule has 30 heavy (non-hydrogen) atoms. The van der Waals surface area contributed by atoms with E-state index in [0.717, 1.165) is 10.8 Å². The number of fused-ring (bicyclic) bond motifs is 2. The Morgan fingerprint density at radius 3 is 1.40 bits per heavy atom. The first-order valence-electron chi connectivity index (χ1n) is 8.94. The molecular formula is C22H18N2O6. The van der Waals surface area contributed by atoms with Gasteiger partial charge in [-0.2, -0.15) is 0 Å². The van der Waals surface area contributed by atoms with E-state index in [4.69, 9.17) is 9.47 Å². The number of benzene rings is 2. The number of para-hydroxylation sites is 2. The topological polar surface area (TPSA) is 118 Å². The van der Waals surface area contributed by atoms with Crippen LogP contribution >= 0.6 is 0 Å². The lowest BCUT2D eigenvalue weighted by atomic mass is 10.2. The lowest BCUT2D eigenvalue weighted by molar-refractivity contribution is -0.132. The third-order valence-corrected chi connectivity index (χ3v) is 3.95. The summed E-state index contributed by atoms with van der Waals surface area (Å²) in [6.07, 6.45) is 0. The highest BCUT2D eigenvalue weighted by Gasteiger charge is 2.05. The molecule has 0 unspecified atom stereocenters. The van der Waals surface area contributed by atoms with Gasteiger partial charge >= 0.3 is 11.9 Å². The van der Waals surface area contributed by atoms with Crippen molar-refractivity contribution < 1.29 is 19.1 Å². The van der Waals surface area contributed by atoms with Gasteiger partial charge in [0.05, 0.1) is 11.0 Å². The van der Waals surface area contributed by atoms with Crippen molar-refractivity contribution in [1.29, 1.82) is 0 Å². The van der Waals surface area contributed by atoms with Crippen molar-refractivity contribution in [3.63, 3.8) is 0 Å². The summed E-state index contributed by atoms with van der Waals surface area (Å²) >= 11 is 0. The van der Waals surface area contributed by atoms with E-state index in [1.807, 2.05) is 12.1 Å². The molecule has 0 bridgehead atoms. The lowest BCUT2D eigenvalue weighted by Crippen LogP contribution is -2.06. The SMILES string of the molecule is CC(=O)Oc1cccc2ccc(=O)[nH]c12.CC(=O)Oc1cccc2ccc(=O)[nH]c12. The highest BCUT2D eigenvalue weighted by Crippen LogP contribution is 2.22. The van der Waals surface area contributed by atoms with Gasteiger partial charge in [0, 0.05) is 36.8 Å². The number of carbonyl (C=O) groups excluding carboxylic acids is 2. The third-order valence-electron chi connectivity index (χ3n) is 3.95. The number of ether oxygens (including phenoxy) is 2. The quantitative estimate of drug-likeness (QED) is 0.390. The fraction of sp³-hybridized carbons (Fsp3) is 0.0909.